The molecule has 1 aromatic carbocycles. The van der Waals surface area contributed by atoms with Gasteiger partial charge in [-0.25, -0.2) is 9.59 Å². The van der Waals surface area contributed by atoms with Gasteiger partial charge in [0.2, 0.25) is 0 Å². The monoisotopic (exact) mass is 290 g/mol. The fourth-order valence-electron chi connectivity index (χ4n) is 1.57. The molecule has 0 unspecified atom stereocenters. The van der Waals surface area contributed by atoms with Gasteiger partial charge in [-0.05, 0) is 37.0 Å². The minimum Gasteiger partial charge on any atom is -0.462 e. The second kappa shape index (κ2) is 8.95. The lowest BCUT2D eigenvalue weighted by atomic mass is 10.1. The summed E-state index contributed by atoms with van der Waals surface area (Å²) in [7, 11) is 0. The van der Waals surface area contributed by atoms with Crippen molar-refractivity contribution in [1.82, 2.24) is 0 Å². The highest BCUT2D eigenvalue weighted by Gasteiger charge is 2.12. The topological polar surface area (TPSA) is 52.6 Å². The van der Waals surface area contributed by atoms with E-state index in [9.17, 15) is 9.59 Å². The van der Waals surface area contributed by atoms with Gasteiger partial charge in [-0.1, -0.05) is 26.0 Å². The van der Waals surface area contributed by atoms with Crippen molar-refractivity contribution in [2.75, 3.05) is 13.2 Å². The molecule has 0 amide bonds. The number of unbranched alkanes of at least 4 members (excludes halogenated alkanes) is 1. The molecule has 0 aliphatic rings. The number of carbonyl (C=O) groups excluding carboxylic acids is 2. The number of ether oxygens (including phenoxy) is 2. The minimum atomic E-state index is -0.433. The Morgan fingerprint density at radius 3 is 2.38 bits per heavy atom. The Kier molecular flexibility index (Phi) is 7.23. The fourth-order valence-corrected chi connectivity index (χ4v) is 1.57. The maximum absolute atomic E-state index is 11.8. The van der Waals surface area contributed by atoms with Crippen LogP contribution in [0.5, 0.6) is 0 Å². The molecule has 1 aromatic rings. The van der Waals surface area contributed by atoms with Crippen LogP contribution in [0, 0.1) is 5.92 Å². The summed E-state index contributed by atoms with van der Waals surface area (Å²) in [5.41, 5.74) is 0.712. The lowest BCUT2D eigenvalue weighted by Gasteiger charge is -2.08. The second-order valence-electron chi connectivity index (χ2n) is 5.14. The molecular weight excluding hydrogens is 268 g/mol. The first-order valence-electron chi connectivity index (χ1n) is 7.09. The smallest absolute Gasteiger partial charge is 0.338 e. The molecular formula is C17H22O4. The van der Waals surface area contributed by atoms with E-state index in [2.05, 4.69) is 6.58 Å². The molecule has 0 spiro atoms. The average Bonchev–Trinajstić information content (AvgIpc) is 2.49. The van der Waals surface area contributed by atoms with Crippen LogP contribution in [0.15, 0.2) is 36.9 Å². The molecule has 4 nitrogen and oxygen atoms in total. The van der Waals surface area contributed by atoms with Crippen molar-refractivity contribution in [3.8, 4) is 0 Å². The van der Waals surface area contributed by atoms with Crippen molar-refractivity contribution in [3.05, 3.63) is 48.0 Å². The highest BCUT2D eigenvalue weighted by Crippen LogP contribution is 2.09. The second-order valence-corrected chi connectivity index (χ2v) is 5.14. The van der Waals surface area contributed by atoms with E-state index < -0.39 is 11.9 Å². The summed E-state index contributed by atoms with van der Waals surface area (Å²) in [6.45, 7) is 8.23. The first-order chi connectivity index (χ1) is 10.0. The van der Waals surface area contributed by atoms with Gasteiger partial charge in [0.15, 0.2) is 0 Å². The van der Waals surface area contributed by atoms with Crippen LogP contribution in [0.3, 0.4) is 0 Å². The first-order valence-corrected chi connectivity index (χ1v) is 7.09. The maximum Gasteiger partial charge on any atom is 0.338 e. The number of hydrogen-bond donors (Lipinski definition) is 0. The van der Waals surface area contributed by atoms with E-state index in [4.69, 9.17) is 9.47 Å². The van der Waals surface area contributed by atoms with Gasteiger partial charge in [0.1, 0.15) is 0 Å². The van der Waals surface area contributed by atoms with E-state index in [1.165, 1.54) is 6.07 Å². The Morgan fingerprint density at radius 1 is 1.19 bits per heavy atom. The van der Waals surface area contributed by atoms with Crippen molar-refractivity contribution in [2.45, 2.75) is 26.7 Å². The molecule has 114 valence electrons. The molecule has 0 aromatic heterocycles. The fraction of sp³-hybridized carbons (Fsp3) is 0.412. The van der Waals surface area contributed by atoms with Crippen LogP contribution in [0.25, 0.3) is 0 Å². The van der Waals surface area contributed by atoms with E-state index in [-0.39, 0.29) is 5.92 Å². The van der Waals surface area contributed by atoms with E-state index in [0.717, 1.165) is 12.8 Å². The van der Waals surface area contributed by atoms with Crippen molar-refractivity contribution in [1.29, 1.82) is 0 Å². The van der Waals surface area contributed by atoms with Gasteiger partial charge in [0.05, 0.1) is 24.3 Å². The molecule has 0 aliphatic heterocycles. The third-order valence-corrected chi connectivity index (χ3v) is 2.67. The van der Waals surface area contributed by atoms with Gasteiger partial charge in [-0.15, -0.1) is 6.58 Å². The van der Waals surface area contributed by atoms with Crippen molar-refractivity contribution >= 4 is 11.9 Å². The van der Waals surface area contributed by atoms with Gasteiger partial charge in [0, 0.05) is 0 Å². The Hall–Kier alpha value is -2.10. The van der Waals surface area contributed by atoms with Crippen LogP contribution in [0.4, 0.5) is 0 Å². The van der Waals surface area contributed by atoms with Crippen LogP contribution in [-0.4, -0.2) is 25.2 Å². The largest absolute Gasteiger partial charge is 0.462 e. The third-order valence-electron chi connectivity index (χ3n) is 2.67. The standard InChI is InChI=1S/C17H22O4/c1-4-5-6-10-20-16(18)14-8-7-9-15(11-14)17(19)21-12-13(2)3/h4,7-9,11,13H,1,5-6,10,12H2,2-3H3. The Bertz CT molecular complexity index is 491. The van der Waals surface area contributed by atoms with Crippen molar-refractivity contribution in [2.24, 2.45) is 5.92 Å². The Labute approximate surface area is 125 Å². The molecule has 0 aliphatic carbocycles. The molecule has 0 saturated carbocycles. The van der Waals surface area contributed by atoms with Crippen LogP contribution < -0.4 is 0 Å². The molecule has 0 N–H and O–H groups in total. The zero-order chi connectivity index (χ0) is 15.7. The Morgan fingerprint density at radius 2 is 1.81 bits per heavy atom. The van der Waals surface area contributed by atoms with Gasteiger partial charge < -0.3 is 9.47 Å². The molecule has 0 saturated heterocycles. The SMILES string of the molecule is C=CCCCOC(=O)c1cccc(C(=O)OCC(C)C)c1. The van der Waals surface area contributed by atoms with E-state index >= 15 is 0 Å². The van der Waals surface area contributed by atoms with Gasteiger partial charge in [-0.3, -0.25) is 0 Å². The summed E-state index contributed by atoms with van der Waals surface area (Å²) in [4.78, 5) is 23.7. The number of carbonyl (C=O) groups is 2. The molecule has 0 atom stereocenters. The van der Waals surface area contributed by atoms with Crippen LogP contribution in [0.2, 0.25) is 0 Å². The van der Waals surface area contributed by atoms with Gasteiger partial charge in [-0.2, -0.15) is 0 Å². The zero-order valence-electron chi connectivity index (χ0n) is 12.6. The number of esters is 2. The highest BCUT2D eigenvalue weighted by atomic mass is 16.5. The van der Waals surface area contributed by atoms with Gasteiger partial charge in [0.25, 0.3) is 0 Å². The summed E-state index contributed by atoms with van der Waals surface area (Å²) >= 11 is 0. The molecule has 21 heavy (non-hydrogen) atoms. The quantitative estimate of drug-likeness (QED) is 0.417. The summed E-state index contributed by atoms with van der Waals surface area (Å²) in [5.74, 6) is -0.588. The third kappa shape index (κ3) is 6.25. The van der Waals surface area contributed by atoms with E-state index in [1.54, 1.807) is 24.3 Å². The van der Waals surface area contributed by atoms with Crippen LogP contribution >= 0.6 is 0 Å². The molecule has 4 heteroatoms. The van der Waals surface area contributed by atoms with Crippen molar-refractivity contribution in [3.63, 3.8) is 0 Å². The summed E-state index contributed by atoms with van der Waals surface area (Å²) in [6.07, 6.45) is 3.32. The summed E-state index contributed by atoms with van der Waals surface area (Å²) < 4.78 is 10.3. The minimum absolute atomic E-state index is 0.270. The van der Waals surface area contributed by atoms with Crippen molar-refractivity contribution < 1.29 is 19.1 Å². The van der Waals surface area contributed by atoms with Crippen LogP contribution in [0.1, 0.15) is 47.4 Å². The number of rotatable bonds is 8. The lowest BCUT2D eigenvalue weighted by molar-refractivity contribution is 0.0459. The summed E-state index contributed by atoms with van der Waals surface area (Å²) in [5, 5.41) is 0. The van der Waals surface area contributed by atoms with E-state index in [1.807, 2.05) is 13.8 Å². The van der Waals surface area contributed by atoms with E-state index in [0.29, 0.717) is 24.3 Å². The molecule has 0 bridgehead atoms. The molecule has 0 radical (unpaired) electrons. The van der Waals surface area contributed by atoms with Crippen LogP contribution in [-0.2, 0) is 9.47 Å². The first kappa shape index (κ1) is 17.0. The maximum atomic E-state index is 11.8. The Balaban J connectivity index is 2.60. The number of benzene rings is 1. The molecule has 1 rings (SSSR count). The number of allylic oxidation sites excluding steroid dienone is 1. The molecule has 0 heterocycles. The lowest BCUT2D eigenvalue weighted by Crippen LogP contribution is -2.12. The highest BCUT2D eigenvalue weighted by molar-refractivity contribution is 5.95. The predicted octanol–water partition coefficient (Wildman–Crippen LogP) is 3.62. The zero-order valence-corrected chi connectivity index (χ0v) is 12.6. The summed E-state index contributed by atoms with van der Waals surface area (Å²) in [6, 6.07) is 6.39. The van der Waals surface area contributed by atoms with Gasteiger partial charge >= 0.3 is 11.9 Å². The average molecular weight is 290 g/mol. The molecule has 0 fully saturated rings. The number of hydrogen-bond acceptors (Lipinski definition) is 4. The predicted molar refractivity (Wildman–Crippen MR) is 81.3 cm³/mol. The normalized spacial score (nSPS) is 10.2.